The number of carbonyl (C=O) groups excluding carboxylic acids is 1. The Morgan fingerprint density at radius 1 is 1.20 bits per heavy atom. The van der Waals surface area contributed by atoms with E-state index in [4.69, 9.17) is 0 Å². The molecule has 0 atom stereocenters. The maximum Gasteiger partial charge on any atom is 0.331 e. The molecule has 1 aromatic carbocycles. The topological polar surface area (TPSA) is 66.5 Å². The Morgan fingerprint density at radius 2 is 1.87 bits per heavy atom. The van der Waals surface area contributed by atoms with Crippen molar-refractivity contribution in [3.8, 4) is 0 Å². The Balaban J connectivity index is 2.40. The van der Waals surface area contributed by atoms with Crippen molar-refractivity contribution in [1.82, 2.24) is 9.62 Å². The number of sulfonamides is 1. The molecule has 0 radical (unpaired) electrons. The highest BCUT2D eigenvalue weighted by Gasteiger charge is 2.32. The summed E-state index contributed by atoms with van der Waals surface area (Å²) in [5.41, 5.74) is 0. The van der Waals surface area contributed by atoms with Gasteiger partial charge in [-0.1, -0.05) is 18.2 Å². The Hall–Kier alpha value is -1.56. The average Bonchev–Trinajstić information content (AvgIpc) is 2.66. The highest BCUT2D eigenvalue weighted by atomic mass is 32.2. The maximum atomic E-state index is 11.9. The standard InChI is InChI=1S/C9H10N2O3S/c12-9-10-6-7-11(9)15(13,14)8-4-2-1-3-5-8/h1-5H,6-7H2,(H,10,12). The van der Waals surface area contributed by atoms with Crippen molar-refractivity contribution in [2.45, 2.75) is 4.90 Å². The molecule has 1 saturated heterocycles. The van der Waals surface area contributed by atoms with Crippen molar-refractivity contribution in [2.75, 3.05) is 13.1 Å². The highest BCUT2D eigenvalue weighted by Crippen LogP contribution is 2.16. The number of nitrogens with zero attached hydrogens (tertiary/aromatic N) is 1. The van der Waals surface area contributed by atoms with E-state index in [-0.39, 0.29) is 11.4 Å². The van der Waals surface area contributed by atoms with E-state index in [1.807, 2.05) is 0 Å². The van der Waals surface area contributed by atoms with Crippen LogP contribution in [0.5, 0.6) is 0 Å². The zero-order valence-electron chi connectivity index (χ0n) is 7.88. The second-order valence-corrected chi connectivity index (χ2v) is 4.98. The zero-order chi connectivity index (χ0) is 10.9. The van der Waals surface area contributed by atoms with Crippen LogP contribution < -0.4 is 5.32 Å². The molecule has 6 heteroatoms. The molecule has 1 heterocycles. The molecule has 0 aromatic heterocycles. The minimum absolute atomic E-state index is 0.141. The van der Waals surface area contributed by atoms with Gasteiger partial charge in [0.2, 0.25) is 0 Å². The number of rotatable bonds is 2. The molecule has 0 aliphatic carbocycles. The summed E-state index contributed by atoms with van der Waals surface area (Å²) in [7, 11) is -3.67. The van der Waals surface area contributed by atoms with Gasteiger partial charge in [-0.3, -0.25) is 0 Å². The molecule has 1 aliphatic heterocycles. The Morgan fingerprint density at radius 3 is 2.40 bits per heavy atom. The van der Waals surface area contributed by atoms with Gasteiger partial charge >= 0.3 is 6.03 Å². The third kappa shape index (κ3) is 1.68. The lowest BCUT2D eigenvalue weighted by atomic mass is 10.4. The SMILES string of the molecule is O=C1NCCN1S(=O)(=O)c1ccccc1. The van der Waals surface area contributed by atoms with Gasteiger partial charge in [0.15, 0.2) is 0 Å². The average molecular weight is 226 g/mol. The van der Waals surface area contributed by atoms with Gasteiger partial charge in [0.05, 0.1) is 11.4 Å². The van der Waals surface area contributed by atoms with E-state index < -0.39 is 16.1 Å². The maximum absolute atomic E-state index is 11.9. The van der Waals surface area contributed by atoms with Crippen molar-refractivity contribution in [1.29, 1.82) is 0 Å². The van der Waals surface area contributed by atoms with Crippen molar-refractivity contribution < 1.29 is 13.2 Å². The van der Waals surface area contributed by atoms with Crippen LogP contribution in [0.25, 0.3) is 0 Å². The lowest BCUT2D eigenvalue weighted by molar-refractivity contribution is 0.236. The van der Waals surface area contributed by atoms with Gasteiger partial charge in [-0.15, -0.1) is 0 Å². The molecule has 2 rings (SSSR count). The van der Waals surface area contributed by atoms with E-state index >= 15 is 0 Å². The number of hydrogen-bond acceptors (Lipinski definition) is 3. The van der Waals surface area contributed by atoms with Gasteiger partial charge in [-0.05, 0) is 12.1 Å². The summed E-state index contributed by atoms with van der Waals surface area (Å²) >= 11 is 0. The van der Waals surface area contributed by atoms with E-state index in [0.717, 1.165) is 4.31 Å². The van der Waals surface area contributed by atoms with Crippen molar-refractivity contribution in [3.05, 3.63) is 30.3 Å². The molecule has 0 saturated carbocycles. The summed E-state index contributed by atoms with van der Waals surface area (Å²) in [6, 6.07) is 7.37. The second kappa shape index (κ2) is 3.54. The molecule has 1 aliphatic rings. The summed E-state index contributed by atoms with van der Waals surface area (Å²) in [5, 5.41) is 2.45. The predicted octanol–water partition coefficient (Wildman–Crippen LogP) is 0.401. The van der Waals surface area contributed by atoms with Crippen molar-refractivity contribution >= 4 is 16.1 Å². The molecule has 15 heavy (non-hydrogen) atoms. The number of nitrogens with one attached hydrogen (secondary N) is 1. The van der Waals surface area contributed by atoms with Crippen LogP contribution in [0.15, 0.2) is 35.2 Å². The number of carbonyl (C=O) groups is 1. The van der Waals surface area contributed by atoms with Crippen LogP contribution in [-0.4, -0.2) is 31.8 Å². The molecular weight excluding hydrogens is 216 g/mol. The van der Waals surface area contributed by atoms with Crippen LogP contribution in [0.3, 0.4) is 0 Å². The lowest BCUT2D eigenvalue weighted by Crippen LogP contribution is -2.34. The van der Waals surface area contributed by atoms with Crippen molar-refractivity contribution in [3.63, 3.8) is 0 Å². The normalized spacial score (nSPS) is 16.5. The Kier molecular flexibility index (Phi) is 2.36. The van der Waals surface area contributed by atoms with Gasteiger partial charge < -0.3 is 5.32 Å². The van der Waals surface area contributed by atoms with Crippen LogP contribution in [0, 0.1) is 0 Å². The number of hydrogen-bond donors (Lipinski definition) is 1. The van der Waals surface area contributed by atoms with Gasteiger partial charge in [-0.2, -0.15) is 0 Å². The minimum Gasteiger partial charge on any atom is -0.335 e. The van der Waals surface area contributed by atoms with Crippen molar-refractivity contribution in [2.24, 2.45) is 0 Å². The first kappa shape index (κ1) is 9.97. The molecule has 5 nitrogen and oxygen atoms in total. The predicted molar refractivity (Wildman–Crippen MR) is 53.7 cm³/mol. The van der Waals surface area contributed by atoms with Crippen LogP contribution in [0.4, 0.5) is 4.79 Å². The first-order valence-corrected chi connectivity index (χ1v) is 5.92. The number of amides is 2. The van der Waals surface area contributed by atoms with E-state index in [1.54, 1.807) is 18.2 Å². The van der Waals surface area contributed by atoms with Gasteiger partial charge in [0, 0.05) is 6.54 Å². The smallest absolute Gasteiger partial charge is 0.331 e. The molecule has 0 bridgehead atoms. The van der Waals surface area contributed by atoms with E-state index in [1.165, 1.54) is 12.1 Å². The van der Waals surface area contributed by atoms with E-state index in [0.29, 0.717) is 6.54 Å². The fourth-order valence-electron chi connectivity index (χ4n) is 1.40. The third-order valence-electron chi connectivity index (χ3n) is 2.15. The molecule has 0 unspecified atom stereocenters. The third-order valence-corrected chi connectivity index (χ3v) is 3.95. The molecule has 1 fully saturated rings. The number of benzene rings is 1. The fourth-order valence-corrected chi connectivity index (χ4v) is 2.77. The van der Waals surface area contributed by atoms with Crippen LogP contribution in [0.2, 0.25) is 0 Å². The first-order valence-electron chi connectivity index (χ1n) is 4.48. The summed E-state index contributed by atoms with van der Waals surface area (Å²) in [6.45, 7) is 0.557. The number of urea groups is 1. The Labute approximate surface area is 87.8 Å². The summed E-state index contributed by atoms with van der Waals surface area (Å²) < 4.78 is 24.7. The van der Waals surface area contributed by atoms with Crippen LogP contribution in [-0.2, 0) is 10.0 Å². The van der Waals surface area contributed by atoms with Gasteiger partial charge in [0.25, 0.3) is 10.0 Å². The van der Waals surface area contributed by atoms with Gasteiger partial charge in [0.1, 0.15) is 0 Å². The summed E-state index contributed by atoms with van der Waals surface area (Å²) in [5.74, 6) is 0. The zero-order valence-corrected chi connectivity index (χ0v) is 8.70. The van der Waals surface area contributed by atoms with Gasteiger partial charge in [-0.25, -0.2) is 17.5 Å². The van der Waals surface area contributed by atoms with Crippen LogP contribution >= 0.6 is 0 Å². The van der Waals surface area contributed by atoms with E-state index in [2.05, 4.69) is 5.32 Å². The van der Waals surface area contributed by atoms with E-state index in [9.17, 15) is 13.2 Å². The fraction of sp³-hybridized carbons (Fsp3) is 0.222. The summed E-state index contributed by atoms with van der Waals surface area (Å²) in [6.07, 6.45) is 0. The largest absolute Gasteiger partial charge is 0.335 e. The second-order valence-electron chi connectivity index (χ2n) is 3.12. The first-order chi connectivity index (χ1) is 7.12. The summed E-state index contributed by atoms with van der Waals surface area (Å²) in [4.78, 5) is 11.4. The molecule has 80 valence electrons. The lowest BCUT2D eigenvalue weighted by Gasteiger charge is -2.14. The monoisotopic (exact) mass is 226 g/mol. The molecule has 1 aromatic rings. The van der Waals surface area contributed by atoms with Crippen LogP contribution in [0.1, 0.15) is 0 Å². The Bertz CT molecular complexity index is 469. The highest BCUT2D eigenvalue weighted by molar-refractivity contribution is 7.89. The quantitative estimate of drug-likeness (QED) is 0.793. The molecule has 2 amide bonds. The molecule has 0 spiro atoms. The molecular formula is C9H10N2O3S. The minimum atomic E-state index is -3.67. The molecule has 1 N–H and O–H groups in total.